The molecule has 0 radical (unpaired) electrons. The van der Waals surface area contributed by atoms with Crippen LogP contribution in [-0.2, 0) is 6.42 Å². The lowest BCUT2D eigenvalue weighted by molar-refractivity contribution is 0.945. The quantitative estimate of drug-likeness (QED) is 0.761. The van der Waals surface area contributed by atoms with Crippen molar-refractivity contribution in [1.29, 1.82) is 0 Å². The van der Waals surface area contributed by atoms with E-state index in [-0.39, 0.29) is 0 Å². The summed E-state index contributed by atoms with van der Waals surface area (Å²) >= 11 is 7.68. The Hall–Kier alpha value is -0.180. The second-order valence-corrected chi connectivity index (χ2v) is 3.69. The zero-order valence-electron chi connectivity index (χ0n) is 7.01. The molecule has 66 valence electrons. The van der Waals surface area contributed by atoms with Crippen LogP contribution in [0.4, 0.5) is 0 Å². The third-order valence-corrected chi connectivity index (χ3v) is 2.98. The van der Waals surface area contributed by atoms with E-state index < -0.39 is 0 Å². The zero-order valence-corrected chi connectivity index (χ0v) is 8.58. The van der Waals surface area contributed by atoms with Gasteiger partial charge < -0.3 is 5.73 Å². The molecule has 0 fully saturated rings. The summed E-state index contributed by atoms with van der Waals surface area (Å²) in [7, 11) is 0. The molecule has 0 atom stereocenters. The molecule has 0 aliphatic rings. The van der Waals surface area contributed by atoms with Gasteiger partial charge in [-0.2, -0.15) is 0 Å². The molecule has 3 heteroatoms. The van der Waals surface area contributed by atoms with Gasteiger partial charge in [0, 0.05) is 4.90 Å². The molecule has 0 unspecified atom stereocenters. The molecule has 0 spiro atoms. The SMILES string of the molecule is CSc1c(Cl)cccc1CCN. The molecule has 0 saturated heterocycles. The molecular formula is C9H12ClNS. The smallest absolute Gasteiger partial charge is 0.0544 e. The summed E-state index contributed by atoms with van der Waals surface area (Å²) in [5.74, 6) is 0. The van der Waals surface area contributed by atoms with Gasteiger partial charge in [0.15, 0.2) is 0 Å². The summed E-state index contributed by atoms with van der Waals surface area (Å²) in [6.45, 7) is 0.675. The molecule has 0 heterocycles. The Balaban J connectivity index is 3.00. The van der Waals surface area contributed by atoms with Crippen LogP contribution in [0.5, 0.6) is 0 Å². The fourth-order valence-corrected chi connectivity index (χ4v) is 2.26. The molecular weight excluding hydrogens is 190 g/mol. The maximum absolute atomic E-state index is 6.00. The normalized spacial score (nSPS) is 10.2. The Morgan fingerprint density at radius 1 is 1.50 bits per heavy atom. The number of benzene rings is 1. The molecule has 1 aromatic rings. The van der Waals surface area contributed by atoms with E-state index in [1.54, 1.807) is 11.8 Å². The molecule has 0 amide bonds. The highest BCUT2D eigenvalue weighted by molar-refractivity contribution is 7.98. The Labute approximate surface area is 82.3 Å². The first kappa shape index (κ1) is 9.90. The van der Waals surface area contributed by atoms with Crippen molar-refractivity contribution in [2.45, 2.75) is 11.3 Å². The minimum absolute atomic E-state index is 0.675. The number of rotatable bonds is 3. The van der Waals surface area contributed by atoms with Crippen molar-refractivity contribution < 1.29 is 0 Å². The van der Waals surface area contributed by atoms with Crippen LogP contribution in [0.3, 0.4) is 0 Å². The van der Waals surface area contributed by atoms with Gasteiger partial charge in [-0.15, -0.1) is 11.8 Å². The van der Waals surface area contributed by atoms with Crippen molar-refractivity contribution in [3.05, 3.63) is 28.8 Å². The minimum atomic E-state index is 0.675. The van der Waals surface area contributed by atoms with E-state index in [2.05, 4.69) is 6.07 Å². The van der Waals surface area contributed by atoms with E-state index in [1.165, 1.54) is 5.56 Å². The van der Waals surface area contributed by atoms with Crippen LogP contribution in [0, 0.1) is 0 Å². The molecule has 0 bridgehead atoms. The van der Waals surface area contributed by atoms with Gasteiger partial charge in [-0.05, 0) is 30.9 Å². The summed E-state index contributed by atoms with van der Waals surface area (Å²) in [6.07, 6.45) is 2.93. The number of hydrogen-bond donors (Lipinski definition) is 1. The predicted octanol–water partition coefficient (Wildman–Crippen LogP) is 2.56. The van der Waals surface area contributed by atoms with Crippen LogP contribution in [0.2, 0.25) is 5.02 Å². The van der Waals surface area contributed by atoms with Gasteiger partial charge in [0.25, 0.3) is 0 Å². The highest BCUT2D eigenvalue weighted by atomic mass is 35.5. The number of thioether (sulfide) groups is 1. The van der Waals surface area contributed by atoms with Crippen molar-refractivity contribution in [1.82, 2.24) is 0 Å². The fourth-order valence-electron chi connectivity index (χ4n) is 1.13. The summed E-state index contributed by atoms with van der Waals surface area (Å²) in [5, 5.41) is 0.827. The lowest BCUT2D eigenvalue weighted by atomic mass is 10.1. The predicted molar refractivity (Wildman–Crippen MR) is 56.0 cm³/mol. The largest absolute Gasteiger partial charge is 0.330 e. The van der Waals surface area contributed by atoms with Gasteiger partial charge in [0.05, 0.1) is 5.02 Å². The summed E-state index contributed by atoms with van der Waals surface area (Å²) < 4.78 is 0. The Morgan fingerprint density at radius 2 is 2.25 bits per heavy atom. The molecule has 1 nitrogen and oxygen atoms in total. The van der Waals surface area contributed by atoms with Gasteiger partial charge >= 0.3 is 0 Å². The topological polar surface area (TPSA) is 26.0 Å². The zero-order chi connectivity index (χ0) is 8.97. The van der Waals surface area contributed by atoms with E-state index in [9.17, 15) is 0 Å². The molecule has 2 N–H and O–H groups in total. The van der Waals surface area contributed by atoms with Crippen LogP contribution >= 0.6 is 23.4 Å². The highest BCUT2D eigenvalue weighted by Crippen LogP contribution is 2.28. The summed E-state index contributed by atoms with van der Waals surface area (Å²) in [6, 6.07) is 5.95. The fraction of sp³-hybridized carbons (Fsp3) is 0.333. The Bertz CT molecular complexity index is 263. The Kier molecular flexibility index (Phi) is 3.92. The van der Waals surface area contributed by atoms with Gasteiger partial charge in [0.2, 0.25) is 0 Å². The second kappa shape index (κ2) is 4.75. The molecule has 1 rings (SSSR count). The number of halogens is 1. The van der Waals surface area contributed by atoms with Crippen molar-refractivity contribution >= 4 is 23.4 Å². The minimum Gasteiger partial charge on any atom is -0.330 e. The van der Waals surface area contributed by atoms with Gasteiger partial charge in [-0.25, -0.2) is 0 Å². The first-order valence-corrected chi connectivity index (χ1v) is 5.41. The first-order chi connectivity index (χ1) is 5.79. The molecule has 12 heavy (non-hydrogen) atoms. The molecule has 0 aromatic heterocycles. The van der Waals surface area contributed by atoms with Crippen LogP contribution < -0.4 is 5.73 Å². The number of nitrogens with two attached hydrogens (primary N) is 1. The summed E-state index contributed by atoms with van der Waals surface area (Å²) in [4.78, 5) is 1.16. The van der Waals surface area contributed by atoms with E-state index >= 15 is 0 Å². The third-order valence-electron chi connectivity index (χ3n) is 1.67. The van der Waals surface area contributed by atoms with Crippen LogP contribution in [0.1, 0.15) is 5.56 Å². The van der Waals surface area contributed by atoms with Crippen molar-refractivity contribution in [3.63, 3.8) is 0 Å². The van der Waals surface area contributed by atoms with Gasteiger partial charge in [0.1, 0.15) is 0 Å². The standard InChI is InChI=1S/C9H12ClNS/c1-12-9-7(5-6-11)3-2-4-8(9)10/h2-4H,5-6,11H2,1H3. The van der Waals surface area contributed by atoms with Gasteiger partial charge in [-0.1, -0.05) is 23.7 Å². The average Bonchev–Trinajstić information content (AvgIpc) is 2.05. The van der Waals surface area contributed by atoms with Crippen molar-refractivity contribution in [3.8, 4) is 0 Å². The van der Waals surface area contributed by atoms with E-state index in [0.717, 1.165) is 16.3 Å². The van der Waals surface area contributed by atoms with Crippen molar-refractivity contribution in [2.75, 3.05) is 12.8 Å². The lowest BCUT2D eigenvalue weighted by Crippen LogP contribution is -2.03. The maximum atomic E-state index is 6.00. The second-order valence-electron chi connectivity index (χ2n) is 2.47. The van der Waals surface area contributed by atoms with Crippen molar-refractivity contribution in [2.24, 2.45) is 5.73 Å². The average molecular weight is 202 g/mol. The molecule has 1 aromatic carbocycles. The monoisotopic (exact) mass is 201 g/mol. The third kappa shape index (κ3) is 2.16. The highest BCUT2D eigenvalue weighted by Gasteiger charge is 2.03. The van der Waals surface area contributed by atoms with E-state index in [4.69, 9.17) is 17.3 Å². The van der Waals surface area contributed by atoms with E-state index in [1.807, 2.05) is 18.4 Å². The summed E-state index contributed by atoms with van der Waals surface area (Å²) in [5.41, 5.74) is 6.73. The van der Waals surface area contributed by atoms with Crippen LogP contribution in [0.25, 0.3) is 0 Å². The molecule has 0 aliphatic heterocycles. The lowest BCUT2D eigenvalue weighted by Gasteiger charge is -2.06. The van der Waals surface area contributed by atoms with Crippen LogP contribution in [-0.4, -0.2) is 12.8 Å². The molecule has 0 aliphatic carbocycles. The first-order valence-electron chi connectivity index (χ1n) is 3.81. The molecule has 0 saturated carbocycles. The number of hydrogen-bond acceptors (Lipinski definition) is 2. The van der Waals surface area contributed by atoms with Gasteiger partial charge in [-0.3, -0.25) is 0 Å². The Morgan fingerprint density at radius 3 is 2.83 bits per heavy atom. The van der Waals surface area contributed by atoms with Crippen LogP contribution in [0.15, 0.2) is 23.1 Å². The van der Waals surface area contributed by atoms with E-state index in [0.29, 0.717) is 6.54 Å². The maximum Gasteiger partial charge on any atom is 0.0544 e.